The highest BCUT2D eigenvalue weighted by Crippen LogP contribution is 2.23. The molecule has 2 rings (SSSR count). The van der Waals surface area contributed by atoms with Gasteiger partial charge in [0, 0.05) is 17.0 Å². The summed E-state index contributed by atoms with van der Waals surface area (Å²) in [7, 11) is 0. The summed E-state index contributed by atoms with van der Waals surface area (Å²) >= 11 is 0. The number of nitrogens with zero attached hydrogens (tertiary/aromatic N) is 1. The van der Waals surface area contributed by atoms with Crippen molar-refractivity contribution in [3.63, 3.8) is 0 Å². The van der Waals surface area contributed by atoms with Crippen LogP contribution in [0.5, 0.6) is 0 Å². The molecule has 1 aliphatic heterocycles. The van der Waals surface area contributed by atoms with Crippen LogP contribution in [0.25, 0.3) is 0 Å². The molecule has 2 atom stereocenters. The summed E-state index contributed by atoms with van der Waals surface area (Å²) in [6.45, 7) is 6.12. The summed E-state index contributed by atoms with van der Waals surface area (Å²) in [5.41, 5.74) is 2.82. The van der Waals surface area contributed by atoms with Gasteiger partial charge in [0.2, 0.25) is 5.91 Å². The van der Waals surface area contributed by atoms with Gasteiger partial charge in [-0.2, -0.15) is 0 Å². The molecule has 1 aromatic rings. The predicted octanol–water partition coefficient (Wildman–Crippen LogP) is 2.86. The lowest BCUT2D eigenvalue weighted by Gasteiger charge is -2.16. The fourth-order valence-corrected chi connectivity index (χ4v) is 2.06. The van der Waals surface area contributed by atoms with Crippen LogP contribution in [0.2, 0.25) is 0 Å². The molecular formula is C14H18N2O. The molecule has 0 saturated heterocycles. The van der Waals surface area contributed by atoms with Gasteiger partial charge in [0.25, 0.3) is 0 Å². The number of hydrogen-bond acceptors (Lipinski definition) is 2. The Morgan fingerprint density at radius 2 is 2.12 bits per heavy atom. The largest absolute Gasteiger partial charge is 0.324 e. The first kappa shape index (κ1) is 11.8. The second-order valence-electron chi connectivity index (χ2n) is 4.58. The first-order valence-corrected chi connectivity index (χ1v) is 6.08. The Balaban J connectivity index is 2.43. The van der Waals surface area contributed by atoms with E-state index in [1.807, 2.05) is 31.2 Å². The smallest absolute Gasteiger partial charge is 0.249 e. The molecule has 3 heteroatoms. The average Bonchev–Trinajstić information content (AvgIpc) is 2.46. The molecular weight excluding hydrogens is 212 g/mol. The van der Waals surface area contributed by atoms with Crippen LogP contribution in [0.3, 0.4) is 0 Å². The molecule has 0 unspecified atom stereocenters. The molecule has 1 heterocycles. The number of para-hydroxylation sites is 1. The van der Waals surface area contributed by atoms with Crippen molar-refractivity contribution in [2.24, 2.45) is 10.9 Å². The van der Waals surface area contributed by atoms with Gasteiger partial charge in [-0.15, -0.1) is 0 Å². The number of amides is 1. The van der Waals surface area contributed by atoms with E-state index in [-0.39, 0.29) is 17.9 Å². The summed E-state index contributed by atoms with van der Waals surface area (Å²) in [6, 6.07) is 7.54. The van der Waals surface area contributed by atoms with Gasteiger partial charge in [0.15, 0.2) is 0 Å². The van der Waals surface area contributed by atoms with Crippen molar-refractivity contribution in [2.75, 3.05) is 5.32 Å². The van der Waals surface area contributed by atoms with Crippen molar-refractivity contribution < 1.29 is 4.79 Å². The molecule has 1 amide bonds. The number of aliphatic imine (C=N–C) groups is 1. The first-order valence-electron chi connectivity index (χ1n) is 6.08. The highest BCUT2D eigenvalue weighted by Gasteiger charge is 2.27. The van der Waals surface area contributed by atoms with Gasteiger partial charge in [-0.25, -0.2) is 0 Å². The van der Waals surface area contributed by atoms with E-state index in [0.29, 0.717) is 0 Å². The topological polar surface area (TPSA) is 41.5 Å². The normalized spacial score (nSPS) is 21.0. The van der Waals surface area contributed by atoms with Crippen molar-refractivity contribution in [1.29, 1.82) is 0 Å². The number of anilines is 1. The van der Waals surface area contributed by atoms with Gasteiger partial charge in [-0.3, -0.25) is 9.79 Å². The van der Waals surface area contributed by atoms with Crippen LogP contribution >= 0.6 is 0 Å². The zero-order valence-electron chi connectivity index (χ0n) is 10.5. The van der Waals surface area contributed by atoms with Crippen LogP contribution in [0.4, 0.5) is 5.69 Å². The lowest BCUT2D eigenvalue weighted by atomic mass is 9.99. The van der Waals surface area contributed by atoms with Gasteiger partial charge in [0.05, 0.1) is 0 Å². The Hall–Kier alpha value is -1.64. The van der Waals surface area contributed by atoms with Crippen molar-refractivity contribution >= 4 is 17.3 Å². The second-order valence-corrected chi connectivity index (χ2v) is 4.58. The average molecular weight is 230 g/mol. The minimum Gasteiger partial charge on any atom is -0.324 e. The molecule has 0 spiro atoms. The minimum atomic E-state index is -0.271. The zero-order valence-corrected chi connectivity index (χ0v) is 10.5. The van der Waals surface area contributed by atoms with Crippen LogP contribution in [-0.4, -0.2) is 17.7 Å². The van der Waals surface area contributed by atoms with E-state index in [9.17, 15) is 4.79 Å². The predicted molar refractivity (Wildman–Crippen MR) is 70.5 cm³/mol. The van der Waals surface area contributed by atoms with Gasteiger partial charge < -0.3 is 5.32 Å². The van der Waals surface area contributed by atoms with E-state index in [0.717, 1.165) is 23.4 Å². The molecule has 0 radical (unpaired) electrons. The maximum atomic E-state index is 12.1. The van der Waals surface area contributed by atoms with E-state index < -0.39 is 0 Å². The maximum absolute atomic E-state index is 12.1. The number of hydrogen-bond donors (Lipinski definition) is 1. The van der Waals surface area contributed by atoms with Gasteiger partial charge >= 0.3 is 0 Å². The van der Waals surface area contributed by atoms with Crippen molar-refractivity contribution in [1.82, 2.24) is 0 Å². The fraction of sp³-hybridized carbons (Fsp3) is 0.429. The van der Waals surface area contributed by atoms with Crippen LogP contribution in [0.1, 0.15) is 32.8 Å². The number of rotatable bonds is 2. The Morgan fingerprint density at radius 1 is 1.41 bits per heavy atom. The van der Waals surface area contributed by atoms with Crippen LogP contribution in [0, 0.1) is 5.92 Å². The third-order valence-electron chi connectivity index (χ3n) is 3.36. The Morgan fingerprint density at radius 3 is 2.82 bits per heavy atom. The number of benzodiazepines with no additional fused rings is 1. The lowest BCUT2D eigenvalue weighted by molar-refractivity contribution is -0.118. The highest BCUT2D eigenvalue weighted by atomic mass is 16.2. The van der Waals surface area contributed by atoms with Crippen LogP contribution in [-0.2, 0) is 4.79 Å². The molecule has 0 aromatic heterocycles. The molecule has 1 aromatic carbocycles. The zero-order chi connectivity index (χ0) is 12.4. The number of benzene rings is 1. The van der Waals surface area contributed by atoms with Gasteiger partial charge in [0.1, 0.15) is 6.04 Å². The quantitative estimate of drug-likeness (QED) is 0.834. The van der Waals surface area contributed by atoms with Crippen molar-refractivity contribution in [2.45, 2.75) is 33.2 Å². The highest BCUT2D eigenvalue weighted by molar-refractivity contribution is 6.10. The summed E-state index contributed by atoms with van der Waals surface area (Å²) < 4.78 is 0. The van der Waals surface area contributed by atoms with E-state index in [4.69, 9.17) is 0 Å². The van der Waals surface area contributed by atoms with Crippen LogP contribution < -0.4 is 5.32 Å². The van der Waals surface area contributed by atoms with E-state index in [2.05, 4.69) is 24.2 Å². The van der Waals surface area contributed by atoms with E-state index in [1.54, 1.807) is 0 Å². The summed E-state index contributed by atoms with van der Waals surface area (Å²) in [4.78, 5) is 16.7. The molecule has 0 bridgehead atoms. The molecule has 0 fully saturated rings. The third-order valence-corrected chi connectivity index (χ3v) is 3.36. The van der Waals surface area contributed by atoms with Gasteiger partial charge in [-0.05, 0) is 18.9 Å². The van der Waals surface area contributed by atoms with Crippen LogP contribution in [0.15, 0.2) is 29.3 Å². The molecule has 3 nitrogen and oxygen atoms in total. The number of carbonyl (C=O) groups excluding carboxylic acids is 1. The second kappa shape index (κ2) is 4.70. The SMILES string of the molecule is CC[C@H](C)[C@@H]1N=C(C)c2ccccc2NC1=O. The lowest BCUT2D eigenvalue weighted by Crippen LogP contribution is -2.31. The number of nitrogens with one attached hydrogen (secondary N) is 1. The summed E-state index contributed by atoms with van der Waals surface area (Å²) in [5.74, 6) is 0.267. The molecule has 1 N–H and O–H groups in total. The van der Waals surface area contributed by atoms with Gasteiger partial charge in [-0.1, -0.05) is 38.5 Å². The number of fused-ring (bicyclic) bond motifs is 1. The van der Waals surface area contributed by atoms with Crippen molar-refractivity contribution in [3.05, 3.63) is 29.8 Å². The fourth-order valence-electron chi connectivity index (χ4n) is 2.06. The number of carbonyl (C=O) groups is 1. The van der Waals surface area contributed by atoms with Crippen molar-refractivity contribution in [3.8, 4) is 0 Å². The Bertz CT molecular complexity index is 465. The molecule has 1 aliphatic rings. The summed E-state index contributed by atoms with van der Waals surface area (Å²) in [6.07, 6.45) is 0.950. The Kier molecular flexibility index (Phi) is 3.27. The monoisotopic (exact) mass is 230 g/mol. The first-order chi connectivity index (χ1) is 8.13. The maximum Gasteiger partial charge on any atom is 0.249 e. The molecule has 90 valence electrons. The summed E-state index contributed by atoms with van der Waals surface area (Å²) in [5, 5.41) is 2.96. The standard InChI is InChI=1S/C14H18N2O/c1-4-9(2)13-14(17)16-12-8-6-5-7-11(12)10(3)15-13/h5-9,13H,4H2,1-3H3,(H,16,17)/t9-,13-/m0/s1. The molecule has 0 saturated carbocycles. The third kappa shape index (κ3) is 2.23. The Labute approximate surface area is 102 Å². The van der Waals surface area contributed by atoms with E-state index in [1.165, 1.54) is 0 Å². The molecule has 0 aliphatic carbocycles. The van der Waals surface area contributed by atoms with E-state index >= 15 is 0 Å². The molecule has 17 heavy (non-hydrogen) atoms. The minimum absolute atomic E-state index is 0.00338.